The molecule has 0 radical (unpaired) electrons. The van der Waals surface area contributed by atoms with E-state index in [-0.39, 0.29) is 40.1 Å². The highest BCUT2D eigenvalue weighted by Crippen LogP contribution is 2.72. The number of nitrogens with one attached hydrogen (secondary N) is 1. The summed E-state index contributed by atoms with van der Waals surface area (Å²) in [7, 11) is 0. The maximum Gasteiger partial charge on any atom is 0.417 e. The lowest BCUT2D eigenvalue weighted by atomic mass is 9.65. The van der Waals surface area contributed by atoms with E-state index in [9.17, 15) is 26.9 Å². The minimum Gasteiger partial charge on any atom is -0.598 e. The van der Waals surface area contributed by atoms with Crippen molar-refractivity contribution >= 4 is 23.1 Å². The lowest BCUT2D eigenvalue weighted by Crippen LogP contribution is -2.58. The molecule has 11 heteroatoms. The molecular weight excluding hydrogens is 484 g/mol. The van der Waals surface area contributed by atoms with Crippen molar-refractivity contribution in [1.29, 1.82) is 0 Å². The zero-order valence-corrected chi connectivity index (χ0v) is 21.7. The SMILES string of the molecule is CC(=O)NC1C[C@@]2(C)CC[C@]1(C[S+]([O-])N1CCN(c3ncc(C(F)(F)F)cc3F)[C@@H](C)C1)C2(C)C. The molecule has 2 heterocycles. The summed E-state index contributed by atoms with van der Waals surface area (Å²) in [5.41, 5.74) is -1.47. The van der Waals surface area contributed by atoms with Crippen molar-refractivity contribution < 1.29 is 26.9 Å². The van der Waals surface area contributed by atoms with Crippen LogP contribution in [0.2, 0.25) is 0 Å². The molecule has 1 N–H and O–H groups in total. The Bertz CT molecular complexity index is 993. The number of hydrogen-bond acceptors (Lipinski definition) is 5. The van der Waals surface area contributed by atoms with Gasteiger partial charge in [-0.2, -0.15) is 13.2 Å². The van der Waals surface area contributed by atoms with Gasteiger partial charge in [-0.15, -0.1) is 4.31 Å². The first-order valence-corrected chi connectivity index (χ1v) is 13.3. The molecule has 6 nitrogen and oxygen atoms in total. The Hall–Kier alpha value is -1.59. The van der Waals surface area contributed by atoms with Crippen molar-refractivity contribution in [1.82, 2.24) is 14.6 Å². The van der Waals surface area contributed by atoms with Gasteiger partial charge >= 0.3 is 6.18 Å². The second kappa shape index (κ2) is 8.76. The predicted molar refractivity (Wildman–Crippen MR) is 126 cm³/mol. The van der Waals surface area contributed by atoms with Crippen LogP contribution in [0.1, 0.15) is 59.4 Å². The van der Waals surface area contributed by atoms with Crippen LogP contribution in [-0.4, -0.2) is 57.2 Å². The van der Waals surface area contributed by atoms with Crippen LogP contribution >= 0.6 is 0 Å². The molecule has 5 atom stereocenters. The fourth-order valence-corrected chi connectivity index (χ4v) is 8.65. The molecular formula is C24H34F4N4O2S. The zero-order valence-electron chi connectivity index (χ0n) is 20.8. The van der Waals surface area contributed by atoms with E-state index in [1.165, 1.54) is 6.92 Å². The van der Waals surface area contributed by atoms with Crippen molar-refractivity contribution in [3.05, 3.63) is 23.6 Å². The molecule has 3 fully saturated rings. The predicted octanol–water partition coefficient (Wildman–Crippen LogP) is 4.13. The van der Waals surface area contributed by atoms with Crippen LogP contribution in [0.25, 0.3) is 0 Å². The molecule has 35 heavy (non-hydrogen) atoms. The van der Waals surface area contributed by atoms with Gasteiger partial charge in [0.1, 0.15) is 5.75 Å². The van der Waals surface area contributed by atoms with Gasteiger partial charge in [0.05, 0.1) is 18.7 Å². The van der Waals surface area contributed by atoms with Gasteiger partial charge in [0.25, 0.3) is 0 Å². The molecule has 2 saturated carbocycles. The van der Waals surface area contributed by atoms with E-state index >= 15 is 0 Å². The van der Waals surface area contributed by atoms with Gasteiger partial charge in [-0.05, 0) is 43.1 Å². The number of anilines is 1. The lowest BCUT2D eigenvalue weighted by molar-refractivity contribution is -0.138. The highest BCUT2D eigenvalue weighted by Gasteiger charge is 2.71. The number of rotatable bonds is 5. The van der Waals surface area contributed by atoms with Gasteiger partial charge in [-0.1, -0.05) is 20.8 Å². The molecule has 2 unspecified atom stereocenters. The normalized spacial score (nSPS) is 33.7. The Morgan fingerprint density at radius 1 is 1.29 bits per heavy atom. The number of hydrogen-bond donors (Lipinski definition) is 1. The first-order valence-electron chi connectivity index (χ1n) is 12.0. The van der Waals surface area contributed by atoms with Crippen LogP contribution in [0.3, 0.4) is 0 Å². The minimum atomic E-state index is -4.66. The number of aromatic nitrogens is 1. The van der Waals surface area contributed by atoms with Crippen LogP contribution < -0.4 is 10.2 Å². The van der Waals surface area contributed by atoms with E-state index in [4.69, 9.17) is 0 Å². The van der Waals surface area contributed by atoms with E-state index in [0.717, 1.165) is 19.3 Å². The number of carbonyl (C=O) groups is 1. The Kier molecular flexibility index (Phi) is 6.63. The molecule has 4 rings (SSSR count). The van der Waals surface area contributed by atoms with Crippen LogP contribution in [0.15, 0.2) is 12.3 Å². The van der Waals surface area contributed by atoms with E-state index in [2.05, 4.69) is 31.1 Å². The van der Waals surface area contributed by atoms with Gasteiger partial charge in [0, 0.05) is 48.5 Å². The van der Waals surface area contributed by atoms with Crippen LogP contribution in [0, 0.1) is 22.1 Å². The maximum atomic E-state index is 14.5. The molecule has 1 amide bonds. The standard InChI is InChI=1S/C24H34F4N4O2S/c1-15-13-31(8-9-32(15)20-18(25)10-17(12-29-20)24(26,27)28)35(34)14-23-7-6-22(5,21(23,3)4)11-19(23)30-16(2)33/h10,12,15,19H,6-9,11,13-14H2,1-5H3,(H,30,33)/t15-,19?,22+,23+,35?/m0/s1. The zero-order chi connectivity index (χ0) is 26.0. The molecule has 3 aliphatic rings. The van der Waals surface area contributed by atoms with Gasteiger partial charge in [-0.25, -0.2) is 9.37 Å². The average Bonchev–Trinajstić information content (AvgIpc) is 3.02. The number of nitrogens with zero attached hydrogens (tertiary/aromatic N) is 3. The smallest absolute Gasteiger partial charge is 0.417 e. The summed E-state index contributed by atoms with van der Waals surface area (Å²) in [4.78, 5) is 17.3. The monoisotopic (exact) mass is 518 g/mol. The van der Waals surface area contributed by atoms with E-state index in [1.54, 1.807) is 4.90 Å². The highest BCUT2D eigenvalue weighted by atomic mass is 32.2. The first-order chi connectivity index (χ1) is 16.1. The minimum absolute atomic E-state index is 0.0399. The quantitative estimate of drug-likeness (QED) is 0.469. The maximum absolute atomic E-state index is 14.5. The summed E-state index contributed by atoms with van der Waals surface area (Å²) in [5, 5.41) is 3.13. The Labute approximate surface area is 207 Å². The van der Waals surface area contributed by atoms with Gasteiger partial charge in [0.2, 0.25) is 5.91 Å². The number of halogens is 4. The second-order valence-electron chi connectivity index (χ2n) is 11.2. The fraction of sp³-hybridized carbons (Fsp3) is 0.750. The highest BCUT2D eigenvalue weighted by molar-refractivity contribution is 7.89. The van der Waals surface area contributed by atoms with Crippen molar-refractivity contribution in [3.63, 3.8) is 0 Å². The van der Waals surface area contributed by atoms with Crippen molar-refractivity contribution in [2.24, 2.45) is 16.2 Å². The van der Waals surface area contributed by atoms with Crippen LogP contribution in [0.5, 0.6) is 0 Å². The number of alkyl halides is 3. The molecule has 0 spiro atoms. The van der Waals surface area contributed by atoms with Crippen molar-refractivity contribution in [3.8, 4) is 0 Å². The average molecular weight is 519 g/mol. The number of amides is 1. The summed E-state index contributed by atoms with van der Waals surface area (Å²) < 4.78 is 68.7. The number of pyridine rings is 1. The summed E-state index contributed by atoms with van der Waals surface area (Å²) in [5.74, 6) is -0.791. The van der Waals surface area contributed by atoms with Gasteiger partial charge < -0.3 is 14.8 Å². The van der Waals surface area contributed by atoms with Crippen molar-refractivity contribution in [2.45, 2.75) is 72.1 Å². The summed E-state index contributed by atoms with van der Waals surface area (Å²) in [6.45, 7) is 11.1. The summed E-state index contributed by atoms with van der Waals surface area (Å²) in [6.07, 6.45) is -1.23. The molecule has 1 aliphatic heterocycles. The fourth-order valence-electron chi connectivity index (χ4n) is 6.66. The Morgan fingerprint density at radius 3 is 2.51 bits per heavy atom. The topological polar surface area (TPSA) is 71.5 Å². The third kappa shape index (κ3) is 4.31. The van der Waals surface area contributed by atoms with Crippen LogP contribution in [0.4, 0.5) is 23.4 Å². The van der Waals surface area contributed by atoms with Gasteiger partial charge in [-0.3, -0.25) is 4.79 Å². The Balaban J connectivity index is 1.48. The molecule has 0 aromatic carbocycles. The third-order valence-electron chi connectivity index (χ3n) is 9.26. The number of piperazine rings is 1. The van der Waals surface area contributed by atoms with Gasteiger partial charge in [0.15, 0.2) is 11.6 Å². The molecule has 2 aliphatic carbocycles. The number of carbonyl (C=O) groups excluding carboxylic acids is 1. The van der Waals surface area contributed by atoms with Crippen molar-refractivity contribution in [2.75, 3.05) is 30.3 Å². The van der Waals surface area contributed by atoms with E-state index in [1.807, 2.05) is 11.2 Å². The molecule has 1 aromatic heterocycles. The second-order valence-corrected chi connectivity index (χ2v) is 12.7. The molecule has 2 bridgehead atoms. The Morgan fingerprint density at radius 2 is 1.97 bits per heavy atom. The third-order valence-corrected chi connectivity index (χ3v) is 10.9. The first kappa shape index (κ1) is 26.5. The molecule has 1 saturated heterocycles. The molecule has 196 valence electrons. The summed E-state index contributed by atoms with van der Waals surface area (Å²) >= 11 is -1.33. The van der Waals surface area contributed by atoms with E-state index < -0.39 is 28.9 Å². The number of fused-ring (bicyclic) bond motifs is 2. The van der Waals surface area contributed by atoms with Crippen LogP contribution in [-0.2, 0) is 22.3 Å². The largest absolute Gasteiger partial charge is 0.598 e. The molecule has 1 aromatic rings. The van der Waals surface area contributed by atoms with E-state index in [0.29, 0.717) is 37.7 Å². The lowest BCUT2D eigenvalue weighted by Gasteiger charge is -2.45. The summed E-state index contributed by atoms with van der Waals surface area (Å²) in [6, 6.07) is 0.141.